The van der Waals surface area contributed by atoms with Crippen molar-refractivity contribution in [1.82, 2.24) is 4.98 Å². The van der Waals surface area contributed by atoms with Crippen molar-refractivity contribution in [2.45, 2.75) is 38.2 Å². The van der Waals surface area contributed by atoms with Gasteiger partial charge in [-0.1, -0.05) is 12.1 Å². The molecule has 2 aromatic rings. The van der Waals surface area contributed by atoms with E-state index in [1.165, 1.54) is 0 Å². The van der Waals surface area contributed by atoms with Crippen molar-refractivity contribution in [3.63, 3.8) is 0 Å². The van der Waals surface area contributed by atoms with Crippen molar-refractivity contribution in [1.29, 1.82) is 0 Å². The maximum Gasteiger partial charge on any atom is 0.336 e. The molecule has 0 bridgehead atoms. The van der Waals surface area contributed by atoms with Crippen LogP contribution in [0.15, 0.2) is 36.2 Å². The molecule has 2 N–H and O–H groups in total. The number of nitrogens with zero attached hydrogens (tertiary/aromatic N) is 3. The van der Waals surface area contributed by atoms with Crippen LogP contribution in [-0.4, -0.2) is 41.3 Å². The van der Waals surface area contributed by atoms with Crippen molar-refractivity contribution in [3.8, 4) is 11.1 Å². The zero-order chi connectivity index (χ0) is 20.3. The lowest BCUT2D eigenvalue weighted by Gasteiger charge is -2.34. The highest BCUT2D eigenvalue weighted by Gasteiger charge is 2.39. The molecule has 1 aromatic carbocycles. The van der Waals surface area contributed by atoms with E-state index in [1.54, 1.807) is 6.20 Å². The molecule has 1 atom stereocenters. The molecule has 7 nitrogen and oxygen atoms in total. The van der Waals surface area contributed by atoms with Gasteiger partial charge in [-0.05, 0) is 30.0 Å². The molecule has 3 heterocycles. The van der Waals surface area contributed by atoms with Gasteiger partial charge in [-0.25, -0.2) is 9.78 Å². The van der Waals surface area contributed by atoms with E-state index in [4.69, 9.17) is 4.74 Å². The van der Waals surface area contributed by atoms with Gasteiger partial charge in [0.05, 0.1) is 24.5 Å². The van der Waals surface area contributed by atoms with Gasteiger partial charge in [-0.3, -0.25) is 0 Å². The van der Waals surface area contributed by atoms with E-state index in [1.807, 2.05) is 48.3 Å². The van der Waals surface area contributed by atoms with Gasteiger partial charge in [-0.15, -0.1) is 0 Å². The first-order valence-electron chi connectivity index (χ1n) is 9.77. The maximum atomic E-state index is 11.7. The standard InChI is InChI=1S/C22H23N3O4/c1-24(2)19-7-12-10-29-11-18-14(16(12)8-23-19)5-6-15-20(18)25(13-3-4-13)9-17(21(15)26)22(27)28/h5-9,13,21,26H,3-4,10-11H2,1-2H3,(H,27,28). The Balaban J connectivity index is 1.70. The van der Waals surface area contributed by atoms with Gasteiger partial charge in [-0.2, -0.15) is 0 Å². The monoisotopic (exact) mass is 393 g/mol. The van der Waals surface area contributed by atoms with Crippen molar-refractivity contribution < 1.29 is 19.7 Å². The molecule has 5 rings (SSSR count). The Labute approximate surface area is 168 Å². The Hall–Kier alpha value is -2.90. The summed E-state index contributed by atoms with van der Waals surface area (Å²) in [6.45, 7) is 0.876. The Kier molecular flexibility index (Phi) is 4.11. The minimum atomic E-state index is -1.15. The van der Waals surface area contributed by atoms with Gasteiger partial charge in [0.25, 0.3) is 0 Å². The number of pyridine rings is 1. The Morgan fingerprint density at radius 1 is 1.24 bits per heavy atom. The number of fused-ring (bicyclic) bond motifs is 5. The van der Waals surface area contributed by atoms with Gasteiger partial charge in [0.2, 0.25) is 0 Å². The first-order valence-corrected chi connectivity index (χ1v) is 9.77. The quantitative estimate of drug-likeness (QED) is 0.829. The third kappa shape index (κ3) is 2.89. The number of anilines is 2. The summed E-state index contributed by atoms with van der Waals surface area (Å²) in [5, 5.41) is 20.3. The molecule has 0 saturated heterocycles. The van der Waals surface area contributed by atoms with Crippen LogP contribution < -0.4 is 9.80 Å². The topological polar surface area (TPSA) is 86.1 Å². The predicted octanol–water partition coefficient (Wildman–Crippen LogP) is 2.83. The van der Waals surface area contributed by atoms with Gasteiger partial charge in [0, 0.05) is 49.2 Å². The molecule has 0 amide bonds. The van der Waals surface area contributed by atoms with Crippen LogP contribution in [0.5, 0.6) is 0 Å². The molecule has 150 valence electrons. The van der Waals surface area contributed by atoms with Crippen molar-refractivity contribution in [2.75, 3.05) is 23.9 Å². The van der Waals surface area contributed by atoms with Gasteiger partial charge in [0.15, 0.2) is 0 Å². The van der Waals surface area contributed by atoms with E-state index >= 15 is 0 Å². The first kappa shape index (κ1) is 18.1. The van der Waals surface area contributed by atoms with Crippen LogP contribution in [0.2, 0.25) is 0 Å². The summed E-state index contributed by atoms with van der Waals surface area (Å²) in [7, 11) is 3.91. The number of aliphatic hydroxyl groups excluding tert-OH is 1. The second kappa shape index (κ2) is 6.57. The number of carboxylic acids is 1. The zero-order valence-corrected chi connectivity index (χ0v) is 16.4. The molecule has 1 saturated carbocycles. The third-order valence-corrected chi connectivity index (χ3v) is 5.85. The lowest BCUT2D eigenvalue weighted by atomic mass is 9.88. The number of hydrogen-bond acceptors (Lipinski definition) is 6. The fourth-order valence-corrected chi connectivity index (χ4v) is 4.20. The molecule has 1 fully saturated rings. The van der Waals surface area contributed by atoms with E-state index in [2.05, 4.69) is 4.98 Å². The minimum absolute atomic E-state index is 0.0107. The number of benzene rings is 1. The Morgan fingerprint density at radius 2 is 2.03 bits per heavy atom. The average molecular weight is 393 g/mol. The average Bonchev–Trinajstić information content (AvgIpc) is 3.54. The third-order valence-electron chi connectivity index (χ3n) is 5.85. The fourth-order valence-electron chi connectivity index (χ4n) is 4.20. The smallest absolute Gasteiger partial charge is 0.336 e. The number of aliphatic hydroxyl groups is 1. The number of hydrogen-bond donors (Lipinski definition) is 2. The number of carboxylic acid groups (broad SMARTS) is 1. The predicted molar refractivity (Wildman–Crippen MR) is 109 cm³/mol. The van der Waals surface area contributed by atoms with Crippen LogP contribution in [0.3, 0.4) is 0 Å². The molecule has 0 spiro atoms. The van der Waals surface area contributed by atoms with E-state index in [0.717, 1.165) is 46.6 Å². The van der Waals surface area contributed by atoms with E-state index < -0.39 is 12.1 Å². The summed E-state index contributed by atoms with van der Waals surface area (Å²) in [5.41, 5.74) is 5.61. The number of rotatable bonds is 3. The SMILES string of the molecule is CN(C)c1cc2c(cn1)-c1ccc3c(c1COC2)N(C1CC1)C=C(C(=O)O)C3O. The second-order valence-electron chi connectivity index (χ2n) is 8.05. The van der Waals surface area contributed by atoms with Crippen LogP contribution in [0.4, 0.5) is 11.5 Å². The molecule has 1 aliphatic carbocycles. The van der Waals surface area contributed by atoms with Crippen molar-refractivity contribution in [3.05, 3.63) is 52.9 Å². The van der Waals surface area contributed by atoms with Crippen LogP contribution >= 0.6 is 0 Å². The van der Waals surface area contributed by atoms with E-state index in [-0.39, 0.29) is 11.6 Å². The number of ether oxygens (including phenoxy) is 1. The summed E-state index contributed by atoms with van der Waals surface area (Å²) in [6.07, 6.45) is 4.34. The lowest BCUT2D eigenvalue weighted by molar-refractivity contribution is -0.133. The van der Waals surface area contributed by atoms with Crippen molar-refractivity contribution >= 4 is 17.5 Å². The molecule has 7 heteroatoms. The highest BCUT2D eigenvalue weighted by molar-refractivity contribution is 5.92. The molecule has 0 radical (unpaired) electrons. The molecule has 3 aliphatic rings. The van der Waals surface area contributed by atoms with E-state index in [0.29, 0.717) is 18.8 Å². The van der Waals surface area contributed by atoms with Crippen molar-refractivity contribution in [2.24, 2.45) is 0 Å². The normalized spacial score (nSPS) is 20.2. The van der Waals surface area contributed by atoms with Gasteiger partial charge in [0.1, 0.15) is 11.9 Å². The van der Waals surface area contributed by atoms with E-state index in [9.17, 15) is 15.0 Å². The van der Waals surface area contributed by atoms with Gasteiger partial charge >= 0.3 is 5.97 Å². The summed E-state index contributed by atoms with van der Waals surface area (Å²) in [6, 6.07) is 6.11. The molecule has 2 aliphatic heterocycles. The first-order chi connectivity index (χ1) is 14.0. The fraction of sp³-hybridized carbons (Fsp3) is 0.364. The summed E-state index contributed by atoms with van der Waals surface area (Å²) >= 11 is 0. The Bertz CT molecular complexity index is 1040. The van der Waals surface area contributed by atoms with Crippen LogP contribution in [0.1, 0.15) is 35.6 Å². The summed E-state index contributed by atoms with van der Waals surface area (Å²) in [5.74, 6) is -0.219. The molecular formula is C22H23N3O4. The highest BCUT2D eigenvalue weighted by atomic mass is 16.5. The van der Waals surface area contributed by atoms with Crippen LogP contribution in [-0.2, 0) is 22.7 Å². The van der Waals surface area contributed by atoms with Gasteiger partial charge < -0.3 is 24.7 Å². The maximum absolute atomic E-state index is 11.7. The summed E-state index contributed by atoms with van der Waals surface area (Å²) in [4.78, 5) is 20.2. The number of carbonyl (C=O) groups is 1. The van der Waals surface area contributed by atoms with Crippen LogP contribution in [0, 0.1) is 0 Å². The zero-order valence-electron chi connectivity index (χ0n) is 16.4. The lowest BCUT2D eigenvalue weighted by Crippen LogP contribution is -2.30. The molecule has 1 unspecified atom stereocenters. The van der Waals surface area contributed by atoms with Crippen LogP contribution in [0.25, 0.3) is 11.1 Å². The molecular weight excluding hydrogens is 370 g/mol. The second-order valence-corrected chi connectivity index (χ2v) is 8.05. The molecule has 29 heavy (non-hydrogen) atoms. The molecule has 1 aromatic heterocycles. The Morgan fingerprint density at radius 3 is 2.72 bits per heavy atom. The number of aliphatic carboxylic acids is 1. The summed E-state index contributed by atoms with van der Waals surface area (Å²) < 4.78 is 6.01. The number of aromatic nitrogens is 1. The highest BCUT2D eigenvalue weighted by Crippen LogP contribution is 2.48. The minimum Gasteiger partial charge on any atom is -0.478 e. The largest absolute Gasteiger partial charge is 0.478 e.